The molecule has 1 atom stereocenters. The van der Waals surface area contributed by atoms with Crippen molar-refractivity contribution in [2.24, 2.45) is 23.2 Å². The number of ketones is 1. The Bertz CT molecular complexity index is 964. The van der Waals surface area contributed by atoms with Crippen LogP contribution in [0.15, 0.2) is 29.4 Å². The molecule has 0 N–H and O–H groups in total. The number of rotatable bonds is 7. The first-order chi connectivity index (χ1) is 15.6. The summed E-state index contributed by atoms with van der Waals surface area (Å²) in [4.78, 5) is 13.5. The molecule has 5 nitrogen and oxygen atoms in total. The van der Waals surface area contributed by atoms with Gasteiger partial charge < -0.3 is 4.74 Å². The van der Waals surface area contributed by atoms with Crippen LogP contribution in [0.25, 0.3) is 11.4 Å². The fraction of sp³-hybridized carbons (Fsp3) is 0.640. The van der Waals surface area contributed by atoms with Crippen LogP contribution in [-0.2, 0) is 16.1 Å². The van der Waals surface area contributed by atoms with Gasteiger partial charge in [0.25, 0.3) is 0 Å². The zero-order chi connectivity index (χ0) is 21.7. The lowest BCUT2D eigenvalue weighted by atomic mass is 9.48. The highest BCUT2D eigenvalue weighted by molar-refractivity contribution is 7.99. The Hall–Kier alpha value is -1.73. The summed E-state index contributed by atoms with van der Waals surface area (Å²) in [5.74, 6) is 3.62. The molecule has 4 saturated carbocycles. The van der Waals surface area contributed by atoms with Crippen LogP contribution >= 0.6 is 11.8 Å². The molecule has 4 aliphatic carbocycles. The molecule has 2 aromatic rings. The zero-order valence-electron chi connectivity index (χ0n) is 18.3. The summed E-state index contributed by atoms with van der Waals surface area (Å²) in [6.07, 6.45) is 9.53. The van der Waals surface area contributed by atoms with Gasteiger partial charge in [0.15, 0.2) is 11.0 Å². The van der Waals surface area contributed by atoms with E-state index in [1.807, 2.05) is 0 Å². The van der Waals surface area contributed by atoms with E-state index in [9.17, 15) is 9.18 Å². The third-order valence-electron chi connectivity index (χ3n) is 8.19. The Morgan fingerprint density at radius 3 is 2.41 bits per heavy atom. The molecule has 5 fully saturated rings. The number of thioether (sulfide) groups is 1. The molecule has 0 spiro atoms. The molecule has 7 rings (SSSR count). The number of Topliss-reactive ketones (excluding diaryl/α,β-unsaturated/α-hetero) is 1. The van der Waals surface area contributed by atoms with E-state index in [2.05, 4.69) is 14.8 Å². The molecule has 32 heavy (non-hydrogen) atoms. The van der Waals surface area contributed by atoms with Crippen molar-refractivity contribution < 1.29 is 13.9 Å². The average molecular weight is 456 g/mol. The van der Waals surface area contributed by atoms with Crippen molar-refractivity contribution in [1.29, 1.82) is 0 Å². The molecular formula is C25H30FN3O2S. The first-order valence-electron chi connectivity index (χ1n) is 12.0. The quantitative estimate of drug-likeness (QED) is 0.541. The van der Waals surface area contributed by atoms with Gasteiger partial charge in [-0.15, -0.1) is 10.2 Å². The minimum absolute atomic E-state index is 0.0824. The summed E-state index contributed by atoms with van der Waals surface area (Å²) in [5.41, 5.74) is 0.747. The average Bonchev–Trinajstić information content (AvgIpc) is 3.42. The maximum absolute atomic E-state index is 13.5. The fourth-order valence-electron chi connectivity index (χ4n) is 7.10. The van der Waals surface area contributed by atoms with Crippen LogP contribution in [-0.4, -0.2) is 39.0 Å². The van der Waals surface area contributed by atoms with Crippen molar-refractivity contribution >= 4 is 17.5 Å². The topological polar surface area (TPSA) is 57.0 Å². The summed E-state index contributed by atoms with van der Waals surface area (Å²) >= 11 is 1.52. The maximum atomic E-state index is 13.5. The molecule has 1 saturated heterocycles. The third-order valence-corrected chi connectivity index (χ3v) is 9.16. The number of nitrogens with zero attached hydrogens (tertiary/aromatic N) is 3. The number of aromatic nitrogens is 3. The molecule has 1 unspecified atom stereocenters. The molecule has 1 aliphatic heterocycles. The highest BCUT2D eigenvalue weighted by Gasteiger charge is 2.54. The number of hydrogen-bond donors (Lipinski definition) is 0. The molecule has 1 aromatic heterocycles. The maximum Gasteiger partial charge on any atom is 0.192 e. The summed E-state index contributed by atoms with van der Waals surface area (Å²) in [6.45, 7) is 1.44. The van der Waals surface area contributed by atoms with Gasteiger partial charge in [-0.2, -0.15) is 0 Å². The van der Waals surface area contributed by atoms with Crippen molar-refractivity contribution in [3.63, 3.8) is 0 Å². The van der Waals surface area contributed by atoms with Crippen LogP contribution in [0.5, 0.6) is 0 Å². The Kier molecular flexibility index (Phi) is 5.37. The van der Waals surface area contributed by atoms with Crippen molar-refractivity contribution in [1.82, 2.24) is 14.8 Å². The van der Waals surface area contributed by atoms with E-state index in [-0.39, 0.29) is 17.3 Å². The lowest BCUT2D eigenvalue weighted by Crippen LogP contribution is -2.50. The van der Waals surface area contributed by atoms with E-state index in [0.717, 1.165) is 67.2 Å². The number of hydrogen-bond acceptors (Lipinski definition) is 5. The third kappa shape index (κ3) is 3.81. The van der Waals surface area contributed by atoms with Gasteiger partial charge in [0.05, 0.1) is 18.4 Å². The first-order valence-corrected chi connectivity index (χ1v) is 13.0. The fourth-order valence-corrected chi connectivity index (χ4v) is 8.08. The highest BCUT2D eigenvalue weighted by Crippen LogP contribution is 2.60. The normalized spacial score (nSPS) is 33.2. The van der Waals surface area contributed by atoms with Crippen LogP contribution < -0.4 is 0 Å². The van der Waals surface area contributed by atoms with E-state index >= 15 is 0 Å². The summed E-state index contributed by atoms with van der Waals surface area (Å²) in [7, 11) is 0. The lowest BCUT2D eigenvalue weighted by Gasteiger charge is -2.56. The molecular weight excluding hydrogens is 425 g/mol. The van der Waals surface area contributed by atoms with Gasteiger partial charge in [0.2, 0.25) is 0 Å². The molecule has 1 aromatic carbocycles. The predicted octanol–water partition coefficient (Wildman–Crippen LogP) is 5.14. The molecule has 0 radical (unpaired) electrons. The van der Waals surface area contributed by atoms with Crippen LogP contribution in [0.4, 0.5) is 4.39 Å². The minimum atomic E-state index is -0.269. The molecule has 2 heterocycles. The largest absolute Gasteiger partial charge is 0.376 e. The van der Waals surface area contributed by atoms with Crippen molar-refractivity contribution in [2.45, 2.75) is 69.2 Å². The monoisotopic (exact) mass is 455 g/mol. The SMILES string of the molecule is O=C(CSc1nnc(-c2ccc(F)cc2)n1CC1CCCO1)C12CC3CC(CC(C3)C1)C2. The van der Waals surface area contributed by atoms with Crippen molar-refractivity contribution in [3.8, 4) is 11.4 Å². The number of benzene rings is 1. The Balaban J connectivity index is 1.22. The van der Waals surface area contributed by atoms with Gasteiger partial charge in [0, 0.05) is 17.6 Å². The standard InChI is InChI=1S/C25H30FN3O2S/c26-20-5-3-19(4-6-20)23-27-28-24(29(23)14-21-2-1-7-31-21)32-15-22(30)25-11-16-8-17(12-25)10-18(9-16)13-25/h3-6,16-18,21H,1-2,7-15H2. The second-order valence-corrected chi connectivity index (χ2v) is 11.4. The summed E-state index contributed by atoms with van der Waals surface area (Å²) < 4.78 is 21.4. The van der Waals surface area contributed by atoms with Crippen LogP contribution in [0.3, 0.4) is 0 Å². The highest BCUT2D eigenvalue weighted by atomic mass is 32.2. The zero-order valence-corrected chi connectivity index (χ0v) is 19.2. The number of carbonyl (C=O) groups is 1. The van der Waals surface area contributed by atoms with E-state index in [1.165, 1.54) is 43.2 Å². The number of ether oxygens (including phenoxy) is 1. The lowest BCUT2D eigenvalue weighted by molar-refractivity contribution is -0.141. The van der Waals surface area contributed by atoms with Gasteiger partial charge >= 0.3 is 0 Å². The van der Waals surface area contributed by atoms with Crippen molar-refractivity contribution in [2.75, 3.05) is 12.4 Å². The Morgan fingerprint density at radius 1 is 1.09 bits per heavy atom. The van der Waals surface area contributed by atoms with Gasteiger partial charge in [-0.1, -0.05) is 11.8 Å². The minimum Gasteiger partial charge on any atom is -0.376 e. The van der Waals surface area contributed by atoms with E-state index in [1.54, 1.807) is 12.1 Å². The Morgan fingerprint density at radius 2 is 1.78 bits per heavy atom. The van der Waals surface area contributed by atoms with Gasteiger partial charge in [-0.05, 0) is 93.4 Å². The van der Waals surface area contributed by atoms with Gasteiger partial charge in [-0.25, -0.2) is 4.39 Å². The smallest absolute Gasteiger partial charge is 0.192 e. The Labute approximate surface area is 192 Å². The molecule has 7 heteroatoms. The van der Waals surface area contributed by atoms with E-state index in [4.69, 9.17) is 4.74 Å². The predicted molar refractivity (Wildman–Crippen MR) is 121 cm³/mol. The van der Waals surface area contributed by atoms with Crippen molar-refractivity contribution in [3.05, 3.63) is 30.1 Å². The molecule has 4 bridgehead atoms. The van der Waals surface area contributed by atoms with Gasteiger partial charge in [0.1, 0.15) is 11.6 Å². The van der Waals surface area contributed by atoms with Crippen LogP contribution in [0, 0.1) is 29.0 Å². The first kappa shape index (κ1) is 20.8. The summed E-state index contributed by atoms with van der Waals surface area (Å²) in [5, 5.41) is 9.64. The van der Waals surface area contributed by atoms with E-state index < -0.39 is 0 Å². The van der Waals surface area contributed by atoms with Crippen LogP contribution in [0.1, 0.15) is 51.4 Å². The second kappa shape index (κ2) is 8.24. The van der Waals surface area contributed by atoms with Crippen LogP contribution in [0.2, 0.25) is 0 Å². The molecule has 170 valence electrons. The van der Waals surface area contributed by atoms with E-state index in [0.29, 0.717) is 23.9 Å². The second-order valence-electron chi connectivity index (χ2n) is 10.5. The molecule has 0 amide bonds. The number of carbonyl (C=O) groups excluding carboxylic acids is 1. The number of halogens is 1. The molecule has 5 aliphatic rings. The summed E-state index contributed by atoms with van der Waals surface area (Å²) in [6, 6.07) is 6.37. The van der Waals surface area contributed by atoms with Gasteiger partial charge in [-0.3, -0.25) is 9.36 Å².